The SMILES string of the molecule is O=C(CSCc1ccc(F)cc1)NCCCOCCO. The van der Waals surface area contributed by atoms with E-state index in [1.54, 1.807) is 12.1 Å². The number of aliphatic hydroxyl groups is 1. The van der Waals surface area contributed by atoms with Gasteiger partial charge >= 0.3 is 0 Å². The summed E-state index contributed by atoms with van der Waals surface area (Å²) >= 11 is 1.49. The number of halogens is 1. The van der Waals surface area contributed by atoms with Crippen LogP contribution in [-0.4, -0.2) is 43.1 Å². The van der Waals surface area contributed by atoms with Gasteiger partial charge in [-0.15, -0.1) is 11.8 Å². The maximum Gasteiger partial charge on any atom is 0.230 e. The molecular weight excluding hydrogens is 281 g/mol. The highest BCUT2D eigenvalue weighted by molar-refractivity contribution is 7.99. The molecule has 0 spiro atoms. The van der Waals surface area contributed by atoms with Crippen LogP contribution in [0.25, 0.3) is 0 Å². The summed E-state index contributed by atoms with van der Waals surface area (Å²) in [6.07, 6.45) is 0.731. The molecule has 0 aliphatic heterocycles. The molecule has 20 heavy (non-hydrogen) atoms. The summed E-state index contributed by atoms with van der Waals surface area (Å²) in [6.45, 7) is 1.46. The predicted octanol–water partition coefficient (Wildman–Crippen LogP) is 1.57. The van der Waals surface area contributed by atoms with E-state index in [1.807, 2.05) is 0 Å². The fourth-order valence-electron chi connectivity index (χ4n) is 1.46. The summed E-state index contributed by atoms with van der Waals surface area (Å²) in [7, 11) is 0. The summed E-state index contributed by atoms with van der Waals surface area (Å²) in [5.74, 6) is 0.807. The summed E-state index contributed by atoms with van der Waals surface area (Å²) in [5.41, 5.74) is 1.00. The van der Waals surface area contributed by atoms with Gasteiger partial charge in [0.2, 0.25) is 5.91 Å². The van der Waals surface area contributed by atoms with Crippen LogP contribution in [0.5, 0.6) is 0 Å². The van der Waals surface area contributed by atoms with Crippen molar-refractivity contribution >= 4 is 17.7 Å². The minimum absolute atomic E-state index is 0.0146. The second-order valence-electron chi connectivity index (χ2n) is 4.16. The molecule has 6 heteroatoms. The Labute approximate surface area is 122 Å². The van der Waals surface area contributed by atoms with Gasteiger partial charge in [0, 0.05) is 18.9 Å². The Morgan fingerprint density at radius 2 is 2.05 bits per heavy atom. The third-order valence-electron chi connectivity index (χ3n) is 2.44. The number of benzene rings is 1. The Bertz CT molecular complexity index is 387. The number of ether oxygens (including phenoxy) is 1. The summed E-state index contributed by atoms with van der Waals surface area (Å²) < 4.78 is 17.8. The molecule has 0 aliphatic carbocycles. The molecule has 0 aromatic heterocycles. The Hall–Kier alpha value is -1.11. The molecule has 0 saturated carbocycles. The van der Waals surface area contributed by atoms with Crippen LogP contribution in [0.2, 0.25) is 0 Å². The highest BCUT2D eigenvalue weighted by atomic mass is 32.2. The van der Waals surface area contributed by atoms with Gasteiger partial charge in [0.1, 0.15) is 5.82 Å². The van der Waals surface area contributed by atoms with E-state index >= 15 is 0 Å². The first-order valence-corrected chi connectivity index (χ1v) is 7.65. The normalized spacial score (nSPS) is 10.5. The summed E-state index contributed by atoms with van der Waals surface area (Å²) in [5, 5.41) is 11.3. The number of carbonyl (C=O) groups excluding carboxylic acids is 1. The number of hydrogen-bond donors (Lipinski definition) is 2. The fraction of sp³-hybridized carbons (Fsp3) is 0.500. The summed E-state index contributed by atoms with van der Waals surface area (Å²) in [6, 6.07) is 6.28. The van der Waals surface area contributed by atoms with Gasteiger partial charge < -0.3 is 15.2 Å². The fourth-order valence-corrected chi connectivity index (χ4v) is 2.28. The number of carbonyl (C=O) groups is 1. The van der Waals surface area contributed by atoms with Crippen LogP contribution >= 0.6 is 11.8 Å². The van der Waals surface area contributed by atoms with Gasteiger partial charge in [-0.2, -0.15) is 0 Å². The van der Waals surface area contributed by atoms with E-state index in [-0.39, 0.29) is 18.3 Å². The van der Waals surface area contributed by atoms with Gasteiger partial charge in [-0.1, -0.05) is 12.1 Å². The molecule has 4 nitrogen and oxygen atoms in total. The molecular formula is C14H20FNO3S. The van der Waals surface area contributed by atoms with Crippen molar-refractivity contribution in [2.24, 2.45) is 0 Å². The van der Waals surface area contributed by atoms with Crippen LogP contribution in [0, 0.1) is 5.82 Å². The molecule has 0 atom stereocenters. The number of rotatable bonds is 10. The highest BCUT2D eigenvalue weighted by Crippen LogP contribution is 2.12. The molecule has 1 aromatic rings. The van der Waals surface area contributed by atoms with Crippen molar-refractivity contribution in [1.29, 1.82) is 0 Å². The quantitative estimate of drug-likeness (QED) is 0.644. The van der Waals surface area contributed by atoms with Gasteiger partial charge in [0.25, 0.3) is 0 Å². The number of hydrogen-bond acceptors (Lipinski definition) is 4. The lowest BCUT2D eigenvalue weighted by Crippen LogP contribution is -2.27. The van der Waals surface area contributed by atoms with Crippen LogP contribution in [0.1, 0.15) is 12.0 Å². The van der Waals surface area contributed by atoms with E-state index < -0.39 is 0 Å². The second-order valence-corrected chi connectivity index (χ2v) is 5.14. The Morgan fingerprint density at radius 1 is 1.30 bits per heavy atom. The average molecular weight is 301 g/mol. The molecule has 1 amide bonds. The molecule has 2 N–H and O–H groups in total. The third kappa shape index (κ3) is 8.14. The largest absolute Gasteiger partial charge is 0.394 e. The first-order chi connectivity index (χ1) is 9.72. The predicted molar refractivity (Wildman–Crippen MR) is 78.1 cm³/mol. The first kappa shape index (κ1) is 16.9. The molecule has 0 heterocycles. The van der Waals surface area contributed by atoms with Crippen molar-refractivity contribution in [3.05, 3.63) is 35.6 Å². The standard InChI is InChI=1S/C14H20FNO3S/c15-13-4-2-12(3-5-13)10-20-11-14(18)16-6-1-8-19-9-7-17/h2-5,17H,1,6-11H2,(H,16,18). The zero-order valence-electron chi connectivity index (χ0n) is 11.3. The number of thioether (sulfide) groups is 1. The van der Waals surface area contributed by atoms with E-state index in [0.29, 0.717) is 31.3 Å². The molecule has 1 aromatic carbocycles. The van der Waals surface area contributed by atoms with Crippen molar-refractivity contribution in [3.63, 3.8) is 0 Å². The van der Waals surface area contributed by atoms with Crippen molar-refractivity contribution < 1.29 is 19.0 Å². The Morgan fingerprint density at radius 3 is 2.75 bits per heavy atom. The maximum absolute atomic E-state index is 12.7. The Balaban J connectivity index is 2.01. The van der Waals surface area contributed by atoms with Crippen LogP contribution in [0.15, 0.2) is 24.3 Å². The van der Waals surface area contributed by atoms with Crippen molar-refractivity contribution in [1.82, 2.24) is 5.32 Å². The van der Waals surface area contributed by atoms with Crippen LogP contribution in [0.3, 0.4) is 0 Å². The number of amides is 1. The van der Waals surface area contributed by atoms with Gasteiger partial charge in [-0.05, 0) is 24.1 Å². The molecule has 0 saturated heterocycles. The molecule has 0 radical (unpaired) electrons. The summed E-state index contributed by atoms with van der Waals surface area (Å²) in [4.78, 5) is 11.5. The molecule has 0 aliphatic rings. The van der Waals surface area contributed by atoms with Crippen molar-refractivity contribution in [2.75, 3.05) is 32.1 Å². The molecule has 112 valence electrons. The van der Waals surface area contributed by atoms with Crippen LogP contribution in [-0.2, 0) is 15.3 Å². The molecule has 0 fully saturated rings. The maximum atomic E-state index is 12.7. The Kier molecular flexibility index (Phi) is 9.02. The van der Waals surface area contributed by atoms with Gasteiger partial charge in [0.05, 0.1) is 19.0 Å². The lowest BCUT2D eigenvalue weighted by molar-refractivity contribution is -0.118. The zero-order valence-corrected chi connectivity index (χ0v) is 12.1. The van der Waals surface area contributed by atoms with Crippen molar-refractivity contribution in [3.8, 4) is 0 Å². The third-order valence-corrected chi connectivity index (χ3v) is 3.44. The van der Waals surface area contributed by atoms with E-state index in [4.69, 9.17) is 9.84 Å². The lowest BCUT2D eigenvalue weighted by atomic mass is 10.2. The zero-order chi connectivity index (χ0) is 14.6. The average Bonchev–Trinajstić information content (AvgIpc) is 2.45. The number of nitrogens with one attached hydrogen (secondary N) is 1. The van der Waals surface area contributed by atoms with Gasteiger partial charge in [-0.3, -0.25) is 4.79 Å². The monoisotopic (exact) mass is 301 g/mol. The molecule has 0 unspecified atom stereocenters. The second kappa shape index (κ2) is 10.7. The number of aliphatic hydroxyl groups excluding tert-OH is 1. The topological polar surface area (TPSA) is 58.6 Å². The van der Waals surface area contributed by atoms with Gasteiger partial charge in [0.15, 0.2) is 0 Å². The van der Waals surface area contributed by atoms with E-state index in [2.05, 4.69) is 5.32 Å². The van der Waals surface area contributed by atoms with Crippen LogP contribution < -0.4 is 5.32 Å². The van der Waals surface area contributed by atoms with E-state index in [9.17, 15) is 9.18 Å². The minimum atomic E-state index is -0.250. The highest BCUT2D eigenvalue weighted by Gasteiger charge is 2.01. The van der Waals surface area contributed by atoms with Crippen molar-refractivity contribution in [2.45, 2.75) is 12.2 Å². The molecule has 0 bridgehead atoms. The van der Waals surface area contributed by atoms with Crippen LogP contribution in [0.4, 0.5) is 4.39 Å². The smallest absolute Gasteiger partial charge is 0.230 e. The van der Waals surface area contributed by atoms with Gasteiger partial charge in [-0.25, -0.2) is 4.39 Å². The van der Waals surface area contributed by atoms with E-state index in [1.165, 1.54) is 23.9 Å². The van der Waals surface area contributed by atoms with E-state index in [0.717, 1.165) is 12.0 Å². The first-order valence-electron chi connectivity index (χ1n) is 6.50. The minimum Gasteiger partial charge on any atom is -0.394 e. The molecule has 1 rings (SSSR count). The lowest BCUT2D eigenvalue weighted by Gasteiger charge is -2.06.